The molecule has 0 atom stereocenters. The highest BCUT2D eigenvalue weighted by Gasteiger charge is 2.19. The molecular weight excluding hydrogens is 588 g/mol. The van der Waals surface area contributed by atoms with Crippen LogP contribution in [0, 0.1) is 18.6 Å². The second kappa shape index (κ2) is 11.0. The molecule has 4 rings (SSSR count). The molecule has 0 spiro atoms. The van der Waals surface area contributed by atoms with Gasteiger partial charge in [-0.1, -0.05) is 6.07 Å². The summed E-state index contributed by atoms with van der Waals surface area (Å²) >= 11 is 4.61. The molecule has 1 amide bonds. The predicted molar refractivity (Wildman–Crippen MR) is 144 cm³/mol. The maximum Gasteiger partial charge on any atom is 0.265 e. The Morgan fingerprint density at radius 2 is 1.78 bits per heavy atom. The lowest BCUT2D eigenvalue weighted by Crippen LogP contribution is -2.12. The molecule has 37 heavy (non-hydrogen) atoms. The molecule has 0 radical (unpaired) electrons. The molecule has 0 aliphatic heterocycles. The number of anilines is 2. The van der Waals surface area contributed by atoms with Gasteiger partial charge in [0.25, 0.3) is 5.91 Å². The van der Waals surface area contributed by atoms with Gasteiger partial charge in [0.2, 0.25) is 10.0 Å². The number of aryl methyl sites for hydroxylation is 1. The van der Waals surface area contributed by atoms with Crippen molar-refractivity contribution < 1.29 is 26.7 Å². The highest BCUT2D eigenvalue weighted by molar-refractivity contribution is 9.10. The lowest BCUT2D eigenvalue weighted by Gasteiger charge is -2.11. The minimum atomic E-state index is -3.46. The van der Waals surface area contributed by atoms with Gasteiger partial charge < -0.3 is 10.1 Å². The van der Waals surface area contributed by atoms with Crippen LogP contribution < -0.4 is 14.8 Å². The van der Waals surface area contributed by atoms with Crippen molar-refractivity contribution >= 4 is 54.6 Å². The normalized spacial score (nSPS) is 11.3. The second-order valence-corrected chi connectivity index (χ2v) is 12.0. The number of benzene rings is 2. The summed E-state index contributed by atoms with van der Waals surface area (Å²) in [6.07, 6.45) is 2.62. The van der Waals surface area contributed by atoms with Gasteiger partial charge in [-0.2, -0.15) is 0 Å². The minimum absolute atomic E-state index is 0.0891. The molecule has 0 bridgehead atoms. The molecule has 4 aromatic rings. The van der Waals surface area contributed by atoms with Crippen molar-refractivity contribution in [2.24, 2.45) is 0 Å². The lowest BCUT2D eigenvalue weighted by molar-refractivity contribution is 0.103. The van der Waals surface area contributed by atoms with Crippen molar-refractivity contribution in [2.45, 2.75) is 13.5 Å². The molecule has 12 heteroatoms. The highest BCUT2D eigenvalue weighted by Crippen LogP contribution is 2.37. The summed E-state index contributed by atoms with van der Waals surface area (Å²) in [6, 6.07) is 12.9. The first-order chi connectivity index (χ1) is 17.5. The first-order valence-corrected chi connectivity index (χ1v) is 14.2. The van der Waals surface area contributed by atoms with Crippen LogP contribution in [0.5, 0.6) is 5.75 Å². The Morgan fingerprint density at radius 1 is 1.08 bits per heavy atom. The number of carbonyl (C=O) groups excluding carboxylic acids is 1. The number of amides is 1. The summed E-state index contributed by atoms with van der Waals surface area (Å²) in [5, 5.41) is 2.76. The van der Waals surface area contributed by atoms with Gasteiger partial charge >= 0.3 is 0 Å². The molecule has 2 aromatic heterocycles. The molecule has 2 heterocycles. The van der Waals surface area contributed by atoms with Crippen LogP contribution in [0.4, 0.5) is 20.2 Å². The molecule has 0 saturated heterocycles. The third-order valence-electron chi connectivity index (χ3n) is 4.96. The van der Waals surface area contributed by atoms with Crippen LogP contribution in [0.25, 0.3) is 11.3 Å². The van der Waals surface area contributed by atoms with Crippen LogP contribution in [0.15, 0.2) is 65.3 Å². The summed E-state index contributed by atoms with van der Waals surface area (Å²) < 4.78 is 59.0. The Kier molecular flexibility index (Phi) is 7.90. The van der Waals surface area contributed by atoms with E-state index in [2.05, 4.69) is 31.0 Å². The summed E-state index contributed by atoms with van der Waals surface area (Å²) in [5.74, 6) is -1.42. The zero-order valence-electron chi connectivity index (χ0n) is 19.5. The molecule has 2 N–H and O–H groups in total. The number of carbonyl (C=O) groups is 1. The molecule has 0 aliphatic carbocycles. The maximum absolute atomic E-state index is 13.6. The number of halogens is 3. The standard InChI is InChI=1S/C25H20BrF2N3O4S2/c1-14-21(11-23(36-14)25(32)30-19-4-3-5-20(10-19)31-37(2,33)34)24-22(8-16(26)12-29-24)35-13-15-6-17(27)9-18(28)7-15/h3-12,31H,13H2,1-2H3,(H,30,32). The average Bonchev–Trinajstić information content (AvgIpc) is 3.18. The maximum atomic E-state index is 13.6. The van der Waals surface area contributed by atoms with E-state index >= 15 is 0 Å². The van der Waals surface area contributed by atoms with Gasteiger partial charge in [0, 0.05) is 32.9 Å². The Bertz CT molecular complexity index is 1570. The summed E-state index contributed by atoms with van der Waals surface area (Å²) in [6.45, 7) is 1.75. The van der Waals surface area contributed by atoms with Crippen molar-refractivity contribution in [1.29, 1.82) is 0 Å². The molecule has 192 valence electrons. The quantitative estimate of drug-likeness (QED) is 0.243. The van der Waals surface area contributed by atoms with Crippen LogP contribution in [0.1, 0.15) is 20.1 Å². The van der Waals surface area contributed by atoms with Crippen LogP contribution in [0.3, 0.4) is 0 Å². The number of pyridine rings is 1. The van der Waals surface area contributed by atoms with E-state index in [-0.39, 0.29) is 12.5 Å². The van der Waals surface area contributed by atoms with Crippen LogP contribution >= 0.6 is 27.3 Å². The van der Waals surface area contributed by atoms with Gasteiger partial charge in [-0.05, 0) is 70.9 Å². The smallest absolute Gasteiger partial charge is 0.265 e. The molecule has 2 aromatic carbocycles. The van der Waals surface area contributed by atoms with Crippen molar-refractivity contribution in [2.75, 3.05) is 16.3 Å². The topological polar surface area (TPSA) is 97.4 Å². The first kappa shape index (κ1) is 26.7. The molecule has 0 aliphatic rings. The van der Waals surface area contributed by atoms with Crippen LogP contribution in [-0.4, -0.2) is 25.6 Å². The third kappa shape index (κ3) is 7.12. The van der Waals surface area contributed by atoms with Crippen LogP contribution in [0.2, 0.25) is 0 Å². The number of thiophene rings is 1. The van der Waals surface area contributed by atoms with E-state index in [1.165, 1.54) is 29.5 Å². The van der Waals surface area contributed by atoms with Gasteiger partial charge in [-0.15, -0.1) is 11.3 Å². The number of ether oxygens (including phenoxy) is 1. The fourth-order valence-corrected chi connectivity index (χ4v) is 5.27. The van der Waals surface area contributed by atoms with E-state index in [9.17, 15) is 22.0 Å². The molecular formula is C25H20BrF2N3O4S2. The van der Waals surface area contributed by atoms with Gasteiger partial charge in [-0.3, -0.25) is 14.5 Å². The lowest BCUT2D eigenvalue weighted by atomic mass is 10.1. The first-order valence-electron chi connectivity index (χ1n) is 10.7. The minimum Gasteiger partial charge on any atom is -0.487 e. The van der Waals surface area contributed by atoms with E-state index in [1.807, 2.05) is 6.92 Å². The summed E-state index contributed by atoms with van der Waals surface area (Å²) in [4.78, 5) is 18.6. The number of nitrogens with one attached hydrogen (secondary N) is 2. The van der Waals surface area contributed by atoms with Gasteiger partial charge in [-0.25, -0.2) is 17.2 Å². The van der Waals surface area contributed by atoms with Gasteiger partial charge in [0.05, 0.1) is 16.8 Å². The van der Waals surface area contributed by atoms with Gasteiger partial charge in [0.1, 0.15) is 29.7 Å². The zero-order chi connectivity index (χ0) is 26.7. The average molecular weight is 608 g/mol. The predicted octanol–water partition coefficient (Wildman–Crippen LogP) is 6.36. The Labute approximate surface area is 224 Å². The SMILES string of the molecule is Cc1sc(C(=O)Nc2cccc(NS(C)(=O)=O)c2)cc1-c1ncc(Br)cc1OCc1cc(F)cc(F)c1. The molecule has 0 fully saturated rings. The molecule has 0 unspecified atom stereocenters. The number of rotatable bonds is 8. The van der Waals surface area contributed by atoms with E-state index in [0.29, 0.717) is 43.3 Å². The van der Waals surface area contributed by atoms with E-state index in [0.717, 1.165) is 17.2 Å². The Balaban J connectivity index is 1.57. The number of hydrogen-bond donors (Lipinski definition) is 2. The number of hydrogen-bond acceptors (Lipinski definition) is 6. The number of nitrogens with zero attached hydrogens (tertiary/aromatic N) is 1. The van der Waals surface area contributed by atoms with Gasteiger partial charge in [0.15, 0.2) is 0 Å². The fraction of sp³-hybridized carbons (Fsp3) is 0.120. The van der Waals surface area contributed by atoms with Crippen molar-refractivity contribution in [3.05, 3.63) is 92.2 Å². The fourth-order valence-electron chi connectivity index (χ4n) is 3.48. The summed E-state index contributed by atoms with van der Waals surface area (Å²) in [5.41, 5.74) is 2.18. The van der Waals surface area contributed by atoms with Crippen molar-refractivity contribution in [1.82, 2.24) is 4.98 Å². The van der Waals surface area contributed by atoms with E-state index < -0.39 is 21.7 Å². The second-order valence-electron chi connectivity index (χ2n) is 8.06. The third-order valence-corrected chi connectivity index (χ3v) is 7.05. The summed E-state index contributed by atoms with van der Waals surface area (Å²) in [7, 11) is -3.46. The number of sulfonamides is 1. The largest absolute Gasteiger partial charge is 0.487 e. The van der Waals surface area contributed by atoms with Crippen molar-refractivity contribution in [3.63, 3.8) is 0 Å². The zero-order valence-corrected chi connectivity index (χ0v) is 22.7. The number of aromatic nitrogens is 1. The molecule has 7 nitrogen and oxygen atoms in total. The highest BCUT2D eigenvalue weighted by atomic mass is 79.9. The van der Waals surface area contributed by atoms with E-state index in [1.54, 1.807) is 36.5 Å². The van der Waals surface area contributed by atoms with E-state index in [4.69, 9.17) is 4.74 Å². The molecule has 0 saturated carbocycles. The van der Waals surface area contributed by atoms with Crippen molar-refractivity contribution in [3.8, 4) is 17.0 Å². The Morgan fingerprint density at radius 3 is 2.49 bits per heavy atom. The Hall–Kier alpha value is -3.35. The monoisotopic (exact) mass is 607 g/mol. The van der Waals surface area contributed by atoms with Crippen LogP contribution in [-0.2, 0) is 16.6 Å².